The number of halogens is 1. The fourth-order valence-corrected chi connectivity index (χ4v) is 3.55. The zero-order chi connectivity index (χ0) is 13.0. The van der Waals surface area contributed by atoms with E-state index < -0.39 is 0 Å². The molecule has 1 heterocycles. The van der Waals surface area contributed by atoms with Crippen LogP contribution in [0.5, 0.6) is 0 Å². The third-order valence-corrected chi connectivity index (χ3v) is 4.42. The summed E-state index contributed by atoms with van der Waals surface area (Å²) in [5, 5.41) is 7.94. The minimum atomic E-state index is 0.375. The molecular weight excluding hydrogens is 306 g/mol. The van der Waals surface area contributed by atoms with E-state index in [0.717, 1.165) is 13.0 Å². The first kappa shape index (κ1) is 13.8. The molecule has 1 N–H and O–H groups in total. The Labute approximate surface area is 121 Å². The van der Waals surface area contributed by atoms with Gasteiger partial charge in [0.15, 0.2) is 0 Å². The molecule has 2 aromatic rings. The third-order valence-electron chi connectivity index (χ3n) is 3.00. The minimum Gasteiger partial charge on any atom is -0.310 e. The summed E-state index contributed by atoms with van der Waals surface area (Å²) < 4.78 is 1.20. The van der Waals surface area contributed by atoms with Crippen LogP contribution in [0.2, 0.25) is 0 Å². The molecule has 0 spiro atoms. The number of thiophene rings is 1. The number of nitrogens with one attached hydrogen (secondary N) is 1. The van der Waals surface area contributed by atoms with Gasteiger partial charge in [-0.3, -0.25) is 0 Å². The molecule has 3 heteroatoms. The maximum Gasteiger partial charge on any atom is 0.0372 e. The van der Waals surface area contributed by atoms with Crippen LogP contribution in [0.25, 0.3) is 0 Å². The smallest absolute Gasteiger partial charge is 0.0372 e. The average Bonchev–Trinajstić information content (AvgIpc) is 2.81. The Balaban J connectivity index is 2.23. The lowest BCUT2D eigenvalue weighted by molar-refractivity contribution is 0.548. The summed E-state index contributed by atoms with van der Waals surface area (Å²) in [5.74, 6) is 0. The van der Waals surface area contributed by atoms with Crippen LogP contribution in [-0.4, -0.2) is 6.54 Å². The first-order chi connectivity index (χ1) is 8.70. The highest BCUT2D eigenvalue weighted by Gasteiger charge is 2.14. The molecule has 0 saturated carbocycles. The zero-order valence-electron chi connectivity index (χ0n) is 10.7. The monoisotopic (exact) mass is 323 g/mol. The molecule has 1 aromatic heterocycles. The van der Waals surface area contributed by atoms with Gasteiger partial charge >= 0.3 is 0 Å². The number of hydrogen-bond acceptors (Lipinski definition) is 2. The Hall–Kier alpha value is -0.640. The van der Waals surface area contributed by atoms with Crippen LogP contribution in [0.1, 0.15) is 29.7 Å². The molecule has 0 amide bonds. The Kier molecular flexibility index (Phi) is 4.98. The molecule has 1 atom stereocenters. The van der Waals surface area contributed by atoms with Crippen LogP contribution in [0, 0.1) is 6.92 Å². The van der Waals surface area contributed by atoms with Gasteiger partial charge in [-0.25, -0.2) is 0 Å². The molecule has 96 valence electrons. The van der Waals surface area contributed by atoms with Crippen LogP contribution in [-0.2, 0) is 6.42 Å². The van der Waals surface area contributed by atoms with Crippen molar-refractivity contribution in [3.63, 3.8) is 0 Å². The number of aryl methyl sites for hydroxylation is 1. The standard InChI is InChI=1S/C15H18BrNS/c1-3-17-15(9-12-6-7-18-10-12)13-5-4-11(2)8-14(13)16/h4-8,10,15,17H,3,9H2,1-2H3. The normalized spacial score (nSPS) is 12.6. The molecule has 0 saturated heterocycles. The quantitative estimate of drug-likeness (QED) is 0.840. The fraction of sp³-hybridized carbons (Fsp3) is 0.333. The van der Waals surface area contributed by atoms with Crippen molar-refractivity contribution in [3.8, 4) is 0 Å². The molecule has 0 radical (unpaired) electrons. The van der Waals surface area contributed by atoms with Crippen LogP contribution in [0.4, 0.5) is 0 Å². The van der Waals surface area contributed by atoms with Crippen LogP contribution >= 0.6 is 27.3 Å². The van der Waals surface area contributed by atoms with Gasteiger partial charge in [0.05, 0.1) is 0 Å². The highest BCUT2D eigenvalue weighted by molar-refractivity contribution is 9.10. The van der Waals surface area contributed by atoms with Gasteiger partial charge in [-0.1, -0.05) is 35.0 Å². The lowest BCUT2D eigenvalue weighted by Crippen LogP contribution is -2.23. The molecule has 0 aliphatic heterocycles. The van der Waals surface area contributed by atoms with Crippen molar-refractivity contribution in [2.75, 3.05) is 6.54 Å². The molecule has 0 fully saturated rings. The molecule has 0 aliphatic rings. The molecule has 0 bridgehead atoms. The lowest BCUT2D eigenvalue weighted by Gasteiger charge is -2.19. The lowest BCUT2D eigenvalue weighted by atomic mass is 9.99. The topological polar surface area (TPSA) is 12.0 Å². The summed E-state index contributed by atoms with van der Waals surface area (Å²) in [7, 11) is 0. The van der Waals surface area contributed by atoms with Crippen molar-refractivity contribution in [2.45, 2.75) is 26.3 Å². The molecule has 1 unspecified atom stereocenters. The second kappa shape index (κ2) is 6.50. The molecular formula is C15H18BrNS. The van der Waals surface area contributed by atoms with E-state index in [4.69, 9.17) is 0 Å². The van der Waals surface area contributed by atoms with E-state index in [2.05, 4.69) is 70.1 Å². The Morgan fingerprint density at radius 1 is 1.33 bits per heavy atom. The molecule has 18 heavy (non-hydrogen) atoms. The van der Waals surface area contributed by atoms with Crippen molar-refractivity contribution in [2.24, 2.45) is 0 Å². The summed E-state index contributed by atoms with van der Waals surface area (Å²) in [6.45, 7) is 5.26. The molecule has 0 aliphatic carbocycles. The van der Waals surface area contributed by atoms with Crippen LogP contribution in [0.15, 0.2) is 39.5 Å². The van der Waals surface area contributed by atoms with E-state index in [9.17, 15) is 0 Å². The minimum absolute atomic E-state index is 0.375. The maximum absolute atomic E-state index is 3.68. The van der Waals surface area contributed by atoms with Crippen molar-refractivity contribution in [3.05, 3.63) is 56.2 Å². The van der Waals surface area contributed by atoms with Crippen molar-refractivity contribution >= 4 is 27.3 Å². The summed E-state index contributed by atoms with van der Waals surface area (Å²) in [6.07, 6.45) is 1.04. The second-order valence-electron chi connectivity index (χ2n) is 4.47. The van der Waals surface area contributed by atoms with E-state index in [-0.39, 0.29) is 0 Å². The van der Waals surface area contributed by atoms with Crippen LogP contribution in [0.3, 0.4) is 0 Å². The fourth-order valence-electron chi connectivity index (χ4n) is 2.10. The molecule has 1 aromatic carbocycles. The first-order valence-corrected chi connectivity index (χ1v) is 7.94. The third kappa shape index (κ3) is 3.44. The SMILES string of the molecule is CCNC(Cc1ccsc1)c1ccc(C)cc1Br. The summed E-state index contributed by atoms with van der Waals surface area (Å²) >= 11 is 5.45. The van der Waals surface area contributed by atoms with Gasteiger partial charge in [0.2, 0.25) is 0 Å². The van der Waals surface area contributed by atoms with E-state index in [1.54, 1.807) is 11.3 Å². The highest BCUT2D eigenvalue weighted by Crippen LogP contribution is 2.27. The van der Waals surface area contributed by atoms with E-state index in [1.807, 2.05) is 0 Å². The maximum atomic E-state index is 3.68. The van der Waals surface area contributed by atoms with Crippen LogP contribution < -0.4 is 5.32 Å². The van der Waals surface area contributed by atoms with E-state index in [1.165, 1.54) is 21.2 Å². The largest absolute Gasteiger partial charge is 0.310 e. The Morgan fingerprint density at radius 3 is 2.78 bits per heavy atom. The Bertz CT molecular complexity index is 493. The Morgan fingerprint density at radius 2 is 2.17 bits per heavy atom. The predicted molar refractivity (Wildman–Crippen MR) is 83.3 cm³/mol. The molecule has 1 nitrogen and oxygen atoms in total. The predicted octanol–water partition coefficient (Wildman–Crippen LogP) is 4.71. The van der Waals surface area contributed by atoms with Gasteiger partial charge in [0.25, 0.3) is 0 Å². The number of likely N-dealkylation sites (N-methyl/N-ethyl adjacent to an activating group) is 1. The van der Waals surface area contributed by atoms with Gasteiger partial charge in [-0.05, 0) is 59.5 Å². The summed E-state index contributed by atoms with van der Waals surface area (Å²) in [5.41, 5.74) is 4.03. The average molecular weight is 324 g/mol. The zero-order valence-corrected chi connectivity index (χ0v) is 13.1. The van der Waals surface area contributed by atoms with Gasteiger partial charge in [0.1, 0.15) is 0 Å². The summed E-state index contributed by atoms with van der Waals surface area (Å²) in [6, 6.07) is 9.17. The first-order valence-electron chi connectivity index (χ1n) is 6.21. The highest BCUT2D eigenvalue weighted by atomic mass is 79.9. The van der Waals surface area contributed by atoms with E-state index in [0.29, 0.717) is 6.04 Å². The number of hydrogen-bond donors (Lipinski definition) is 1. The second-order valence-corrected chi connectivity index (χ2v) is 6.11. The molecule has 2 rings (SSSR count). The van der Waals surface area contributed by atoms with Gasteiger partial charge in [0, 0.05) is 10.5 Å². The van der Waals surface area contributed by atoms with Gasteiger partial charge in [-0.15, -0.1) is 0 Å². The number of benzene rings is 1. The number of rotatable bonds is 5. The van der Waals surface area contributed by atoms with E-state index >= 15 is 0 Å². The summed E-state index contributed by atoms with van der Waals surface area (Å²) in [4.78, 5) is 0. The van der Waals surface area contributed by atoms with Gasteiger partial charge in [-0.2, -0.15) is 11.3 Å². The van der Waals surface area contributed by atoms with Gasteiger partial charge < -0.3 is 5.32 Å². The van der Waals surface area contributed by atoms with Crippen molar-refractivity contribution in [1.29, 1.82) is 0 Å². The van der Waals surface area contributed by atoms with Crippen molar-refractivity contribution < 1.29 is 0 Å². The van der Waals surface area contributed by atoms with Crippen molar-refractivity contribution in [1.82, 2.24) is 5.32 Å².